The van der Waals surface area contributed by atoms with Crippen LogP contribution in [-0.4, -0.2) is 47.8 Å². The molecule has 2 aromatic rings. The minimum atomic E-state index is -0.929. The molecule has 2 unspecified atom stereocenters. The van der Waals surface area contributed by atoms with E-state index in [0.717, 1.165) is 11.1 Å². The number of carboxylic acid groups (broad SMARTS) is 1. The highest BCUT2D eigenvalue weighted by atomic mass is 35.5. The van der Waals surface area contributed by atoms with Crippen LogP contribution in [0.4, 0.5) is 4.79 Å². The molecule has 0 radical (unpaired) electrons. The standard InChI is InChI=1S/C21H22N2O4.ClH/c22-14-9-13(20(24)25)10-23(11-14)21(26)27-12-19-17-7-3-1-5-15(17)16-6-2-4-8-18(16)19;/h1-8,13-14,19H,9-12,22H2,(H,24,25);1H. The van der Waals surface area contributed by atoms with E-state index in [9.17, 15) is 14.7 Å². The number of piperidine rings is 1. The number of aliphatic carboxylic acids is 1. The van der Waals surface area contributed by atoms with Crippen LogP contribution in [0.15, 0.2) is 48.5 Å². The number of rotatable bonds is 3. The molecule has 2 atom stereocenters. The van der Waals surface area contributed by atoms with Crippen molar-refractivity contribution in [3.8, 4) is 11.1 Å². The molecular formula is C21H23ClN2O4. The lowest BCUT2D eigenvalue weighted by atomic mass is 9.95. The Morgan fingerprint density at radius 1 is 1.04 bits per heavy atom. The van der Waals surface area contributed by atoms with Gasteiger partial charge in [-0.2, -0.15) is 0 Å². The minimum Gasteiger partial charge on any atom is -0.481 e. The van der Waals surface area contributed by atoms with Crippen LogP contribution in [0, 0.1) is 5.92 Å². The number of hydrogen-bond acceptors (Lipinski definition) is 4. The van der Waals surface area contributed by atoms with Gasteiger partial charge in [0.15, 0.2) is 0 Å². The van der Waals surface area contributed by atoms with Crippen LogP contribution in [0.1, 0.15) is 23.5 Å². The number of amides is 1. The summed E-state index contributed by atoms with van der Waals surface area (Å²) in [5.41, 5.74) is 10.5. The highest BCUT2D eigenvalue weighted by molar-refractivity contribution is 5.85. The number of benzene rings is 2. The number of nitrogens with zero attached hydrogens (tertiary/aromatic N) is 1. The lowest BCUT2D eigenvalue weighted by molar-refractivity contribution is -0.143. The molecule has 0 saturated carbocycles. The second-order valence-electron chi connectivity index (χ2n) is 7.24. The molecule has 2 aromatic carbocycles. The molecule has 1 fully saturated rings. The van der Waals surface area contributed by atoms with E-state index in [1.54, 1.807) is 0 Å². The molecule has 4 rings (SSSR count). The number of hydrogen-bond donors (Lipinski definition) is 2. The smallest absolute Gasteiger partial charge is 0.409 e. The number of nitrogens with two attached hydrogens (primary N) is 1. The highest BCUT2D eigenvalue weighted by Gasteiger charge is 2.34. The number of fused-ring (bicyclic) bond motifs is 3. The van der Waals surface area contributed by atoms with Crippen LogP contribution in [0.3, 0.4) is 0 Å². The van der Waals surface area contributed by atoms with Crippen LogP contribution in [0.25, 0.3) is 11.1 Å². The number of halogens is 1. The molecule has 1 amide bonds. The molecule has 1 heterocycles. The monoisotopic (exact) mass is 402 g/mol. The van der Waals surface area contributed by atoms with E-state index in [1.807, 2.05) is 24.3 Å². The van der Waals surface area contributed by atoms with Gasteiger partial charge in [0.1, 0.15) is 6.61 Å². The van der Waals surface area contributed by atoms with Gasteiger partial charge in [-0.15, -0.1) is 12.4 Å². The van der Waals surface area contributed by atoms with Crippen molar-refractivity contribution >= 4 is 24.5 Å². The van der Waals surface area contributed by atoms with Gasteiger partial charge in [0, 0.05) is 25.0 Å². The van der Waals surface area contributed by atoms with E-state index >= 15 is 0 Å². The van der Waals surface area contributed by atoms with Crippen molar-refractivity contribution < 1.29 is 19.4 Å². The predicted molar refractivity (Wildman–Crippen MR) is 108 cm³/mol. The van der Waals surface area contributed by atoms with E-state index < -0.39 is 18.0 Å². The third kappa shape index (κ3) is 3.70. The van der Waals surface area contributed by atoms with Crippen LogP contribution in [-0.2, 0) is 9.53 Å². The normalized spacial score (nSPS) is 20.7. The van der Waals surface area contributed by atoms with Crippen LogP contribution in [0.5, 0.6) is 0 Å². The summed E-state index contributed by atoms with van der Waals surface area (Å²) in [4.78, 5) is 25.2. The van der Waals surface area contributed by atoms with Gasteiger partial charge in [-0.05, 0) is 28.7 Å². The summed E-state index contributed by atoms with van der Waals surface area (Å²) >= 11 is 0. The maximum absolute atomic E-state index is 12.5. The Morgan fingerprint density at radius 3 is 2.18 bits per heavy atom. The molecule has 1 aliphatic heterocycles. The van der Waals surface area contributed by atoms with Gasteiger partial charge in [0.25, 0.3) is 0 Å². The van der Waals surface area contributed by atoms with Crippen molar-refractivity contribution in [1.82, 2.24) is 4.90 Å². The molecule has 148 valence electrons. The SMILES string of the molecule is Cl.NC1CC(C(=O)O)CN(C(=O)OCC2c3ccccc3-c3ccccc32)C1. The molecule has 0 aromatic heterocycles. The summed E-state index contributed by atoms with van der Waals surface area (Å²) in [5.74, 6) is -1.59. The van der Waals surface area contributed by atoms with E-state index in [-0.39, 0.29) is 37.5 Å². The van der Waals surface area contributed by atoms with Crippen molar-refractivity contribution in [2.75, 3.05) is 19.7 Å². The van der Waals surface area contributed by atoms with Crippen molar-refractivity contribution in [2.45, 2.75) is 18.4 Å². The highest BCUT2D eigenvalue weighted by Crippen LogP contribution is 2.44. The summed E-state index contributed by atoms with van der Waals surface area (Å²) in [6.07, 6.45) is -0.124. The number of likely N-dealkylation sites (tertiary alicyclic amines) is 1. The van der Waals surface area contributed by atoms with E-state index in [0.29, 0.717) is 13.0 Å². The van der Waals surface area contributed by atoms with Crippen molar-refractivity contribution in [3.63, 3.8) is 0 Å². The number of carbonyl (C=O) groups is 2. The molecular weight excluding hydrogens is 380 g/mol. The number of carbonyl (C=O) groups excluding carboxylic acids is 1. The van der Waals surface area contributed by atoms with E-state index in [1.165, 1.54) is 16.0 Å². The van der Waals surface area contributed by atoms with Gasteiger partial charge in [-0.1, -0.05) is 48.5 Å². The lowest BCUT2D eigenvalue weighted by Crippen LogP contribution is -2.51. The Bertz CT molecular complexity index is 843. The Morgan fingerprint density at radius 2 is 1.61 bits per heavy atom. The summed E-state index contributed by atoms with van der Waals surface area (Å²) in [6, 6.07) is 15.9. The molecule has 1 aliphatic carbocycles. The fourth-order valence-corrected chi connectivity index (χ4v) is 4.15. The first-order valence-corrected chi connectivity index (χ1v) is 9.13. The zero-order valence-electron chi connectivity index (χ0n) is 15.3. The first kappa shape index (κ1) is 20.2. The van der Waals surface area contributed by atoms with Crippen molar-refractivity contribution in [1.29, 1.82) is 0 Å². The first-order chi connectivity index (χ1) is 13.0. The largest absolute Gasteiger partial charge is 0.481 e. The topological polar surface area (TPSA) is 92.9 Å². The second kappa shape index (κ2) is 8.20. The Hall–Kier alpha value is -2.57. The third-order valence-corrected chi connectivity index (χ3v) is 5.43. The molecule has 7 heteroatoms. The molecule has 0 bridgehead atoms. The minimum absolute atomic E-state index is 0. The molecule has 28 heavy (non-hydrogen) atoms. The molecule has 6 nitrogen and oxygen atoms in total. The van der Waals surface area contributed by atoms with Crippen LogP contribution < -0.4 is 5.73 Å². The van der Waals surface area contributed by atoms with Gasteiger partial charge in [0.05, 0.1) is 5.92 Å². The second-order valence-corrected chi connectivity index (χ2v) is 7.24. The summed E-state index contributed by atoms with van der Waals surface area (Å²) < 4.78 is 5.59. The Labute approximate surface area is 169 Å². The number of ether oxygens (including phenoxy) is 1. The molecule has 0 spiro atoms. The van der Waals surface area contributed by atoms with Crippen LogP contribution >= 0.6 is 12.4 Å². The lowest BCUT2D eigenvalue weighted by Gasteiger charge is -2.33. The van der Waals surface area contributed by atoms with Crippen molar-refractivity contribution in [3.05, 3.63) is 59.7 Å². The Balaban J connectivity index is 0.00000225. The van der Waals surface area contributed by atoms with Gasteiger partial charge in [0.2, 0.25) is 0 Å². The molecule has 1 saturated heterocycles. The third-order valence-electron chi connectivity index (χ3n) is 5.43. The fraction of sp³-hybridized carbons (Fsp3) is 0.333. The quantitative estimate of drug-likeness (QED) is 0.822. The number of carboxylic acids is 1. The van der Waals surface area contributed by atoms with Crippen molar-refractivity contribution in [2.24, 2.45) is 11.7 Å². The fourth-order valence-electron chi connectivity index (χ4n) is 4.15. The average Bonchev–Trinajstić information content (AvgIpc) is 2.99. The van der Waals surface area contributed by atoms with Gasteiger partial charge in [-0.25, -0.2) is 4.79 Å². The summed E-state index contributed by atoms with van der Waals surface area (Å²) in [5, 5.41) is 9.24. The van der Waals surface area contributed by atoms with Crippen LogP contribution in [0.2, 0.25) is 0 Å². The summed E-state index contributed by atoms with van der Waals surface area (Å²) in [6.45, 7) is 0.677. The van der Waals surface area contributed by atoms with Gasteiger partial charge >= 0.3 is 12.1 Å². The molecule has 3 N–H and O–H groups in total. The zero-order valence-corrected chi connectivity index (χ0v) is 16.1. The maximum Gasteiger partial charge on any atom is 0.409 e. The van der Waals surface area contributed by atoms with E-state index in [4.69, 9.17) is 10.5 Å². The maximum atomic E-state index is 12.5. The van der Waals surface area contributed by atoms with E-state index in [2.05, 4.69) is 24.3 Å². The van der Waals surface area contributed by atoms with Gasteiger partial charge in [-0.3, -0.25) is 4.79 Å². The average molecular weight is 403 g/mol. The zero-order chi connectivity index (χ0) is 19.0. The summed E-state index contributed by atoms with van der Waals surface area (Å²) in [7, 11) is 0. The molecule has 2 aliphatic rings. The predicted octanol–water partition coefficient (Wildman–Crippen LogP) is 3.09. The first-order valence-electron chi connectivity index (χ1n) is 9.13. The van der Waals surface area contributed by atoms with Gasteiger partial charge < -0.3 is 20.5 Å². The Kier molecular flexibility index (Phi) is 5.91.